The van der Waals surface area contributed by atoms with Gasteiger partial charge in [-0.2, -0.15) is 0 Å². The summed E-state index contributed by atoms with van der Waals surface area (Å²) in [6.07, 6.45) is 1.03. The molecule has 0 aromatic heterocycles. The molecular weight excluding hydrogens is 262 g/mol. The third-order valence-electron chi connectivity index (χ3n) is 4.59. The summed E-state index contributed by atoms with van der Waals surface area (Å²) in [6.45, 7) is 9.91. The number of hydrogen-bond acceptors (Lipinski definition) is 3. The number of hydrogen-bond donors (Lipinski definition) is 2. The summed E-state index contributed by atoms with van der Waals surface area (Å²) in [6, 6.07) is 8.32. The van der Waals surface area contributed by atoms with Crippen LogP contribution in [0.15, 0.2) is 24.3 Å². The van der Waals surface area contributed by atoms with Crippen molar-refractivity contribution in [3.05, 3.63) is 35.4 Å². The molecule has 21 heavy (non-hydrogen) atoms. The average Bonchev–Trinajstić information content (AvgIpc) is 2.75. The van der Waals surface area contributed by atoms with E-state index in [0.717, 1.165) is 38.2 Å². The Kier molecular flexibility index (Phi) is 5.01. The molecule has 1 saturated heterocycles. The molecule has 1 amide bonds. The van der Waals surface area contributed by atoms with Crippen LogP contribution in [0.2, 0.25) is 0 Å². The molecule has 1 unspecified atom stereocenters. The monoisotopic (exact) mass is 289 g/mol. The van der Waals surface area contributed by atoms with Gasteiger partial charge in [-0.25, -0.2) is 0 Å². The number of carbonyl (C=O) groups is 1. The van der Waals surface area contributed by atoms with Crippen molar-refractivity contribution in [1.82, 2.24) is 10.2 Å². The van der Waals surface area contributed by atoms with Crippen molar-refractivity contribution in [3.8, 4) is 0 Å². The summed E-state index contributed by atoms with van der Waals surface area (Å²) in [5.74, 6) is 0.211. The van der Waals surface area contributed by atoms with E-state index >= 15 is 0 Å². The molecule has 116 valence electrons. The highest BCUT2D eigenvalue weighted by molar-refractivity contribution is 5.85. The first kappa shape index (κ1) is 16.0. The van der Waals surface area contributed by atoms with Crippen molar-refractivity contribution in [2.24, 2.45) is 5.73 Å². The quantitative estimate of drug-likeness (QED) is 0.888. The topological polar surface area (TPSA) is 58.4 Å². The lowest BCUT2D eigenvalue weighted by Crippen LogP contribution is -2.54. The van der Waals surface area contributed by atoms with E-state index in [2.05, 4.69) is 48.3 Å². The minimum Gasteiger partial charge on any atom is -0.368 e. The predicted molar refractivity (Wildman–Crippen MR) is 86.1 cm³/mol. The SMILES string of the molecule is CC(C)c1ccc(C(C)(C(N)=O)N2CCCNCC2)cc1. The van der Waals surface area contributed by atoms with Crippen LogP contribution in [0.25, 0.3) is 0 Å². The van der Waals surface area contributed by atoms with E-state index in [0.29, 0.717) is 5.92 Å². The summed E-state index contributed by atoms with van der Waals surface area (Å²) in [5, 5.41) is 3.37. The largest absolute Gasteiger partial charge is 0.368 e. The Morgan fingerprint density at radius 2 is 1.90 bits per heavy atom. The molecule has 1 heterocycles. The van der Waals surface area contributed by atoms with Crippen LogP contribution in [0.3, 0.4) is 0 Å². The van der Waals surface area contributed by atoms with Gasteiger partial charge < -0.3 is 11.1 Å². The molecule has 4 heteroatoms. The maximum absolute atomic E-state index is 12.2. The van der Waals surface area contributed by atoms with Crippen LogP contribution in [-0.4, -0.2) is 37.0 Å². The van der Waals surface area contributed by atoms with Gasteiger partial charge in [-0.05, 0) is 36.9 Å². The van der Waals surface area contributed by atoms with Crippen LogP contribution < -0.4 is 11.1 Å². The van der Waals surface area contributed by atoms with E-state index < -0.39 is 5.54 Å². The smallest absolute Gasteiger partial charge is 0.242 e. The zero-order chi connectivity index (χ0) is 15.5. The highest BCUT2D eigenvalue weighted by Gasteiger charge is 2.39. The molecule has 3 N–H and O–H groups in total. The molecular formula is C17H27N3O. The molecule has 4 nitrogen and oxygen atoms in total. The number of amides is 1. The van der Waals surface area contributed by atoms with Gasteiger partial charge in [0.25, 0.3) is 0 Å². The summed E-state index contributed by atoms with van der Waals surface area (Å²) >= 11 is 0. The van der Waals surface area contributed by atoms with Crippen molar-refractivity contribution in [1.29, 1.82) is 0 Å². The number of nitrogens with one attached hydrogen (secondary N) is 1. The van der Waals surface area contributed by atoms with Gasteiger partial charge in [0.05, 0.1) is 0 Å². The molecule has 1 aliphatic heterocycles. The highest BCUT2D eigenvalue weighted by atomic mass is 16.1. The fourth-order valence-corrected chi connectivity index (χ4v) is 2.97. The van der Waals surface area contributed by atoms with Gasteiger partial charge in [-0.1, -0.05) is 38.1 Å². The zero-order valence-electron chi connectivity index (χ0n) is 13.4. The third kappa shape index (κ3) is 3.27. The second kappa shape index (κ2) is 6.58. The van der Waals surface area contributed by atoms with Gasteiger partial charge in [0.15, 0.2) is 0 Å². The maximum atomic E-state index is 12.2. The molecule has 0 bridgehead atoms. The molecule has 1 aromatic carbocycles. The van der Waals surface area contributed by atoms with E-state index in [4.69, 9.17) is 5.73 Å². The lowest BCUT2D eigenvalue weighted by molar-refractivity contribution is -0.129. The minimum absolute atomic E-state index is 0.276. The van der Waals surface area contributed by atoms with E-state index in [-0.39, 0.29) is 5.91 Å². The number of carbonyl (C=O) groups excluding carboxylic acids is 1. The van der Waals surface area contributed by atoms with Gasteiger partial charge in [0.2, 0.25) is 5.91 Å². The molecule has 0 spiro atoms. The molecule has 1 aromatic rings. The molecule has 0 radical (unpaired) electrons. The number of nitrogens with two attached hydrogens (primary N) is 1. The van der Waals surface area contributed by atoms with E-state index in [1.54, 1.807) is 0 Å². The average molecular weight is 289 g/mol. The highest BCUT2D eigenvalue weighted by Crippen LogP contribution is 2.30. The Morgan fingerprint density at radius 3 is 2.48 bits per heavy atom. The zero-order valence-corrected chi connectivity index (χ0v) is 13.4. The van der Waals surface area contributed by atoms with Crippen LogP contribution >= 0.6 is 0 Å². The third-order valence-corrected chi connectivity index (χ3v) is 4.59. The first-order chi connectivity index (χ1) is 9.96. The summed E-state index contributed by atoms with van der Waals surface area (Å²) < 4.78 is 0. The Balaban J connectivity index is 2.34. The van der Waals surface area contributed by atoms with E-state index in [1.807, 2.05) is 6.92 Å². The van der Waals surface area contributed by atoms with Crippen LogP contribution in [0.4, 0.5) is 0 Å². The number of nitrogens with zero attached hydrogens (tertiary/aromatic N) is 1. The maximum Gasteiger partial charge on any atom is 0.242 e. The van der Waals surface area contributed by atoms with Crippen molar-refractivity contribution in [3.63, 3.8) is 0 Å². The van der Waals surface area contributed by atoms with Crippen LogP contribution in [-0.2, 0) is 10.3 Å². The summed E-state index contributed by atoms with van der Waals surface area (Å²) in [5.41, 5.74) is 7.32. The number of rotatable bonds is 4. The van der Waals surface area contributed by atoms with Crippen LogP contribution in [0, 0.1) is 0 Å². The molecule has 1 aliphatic rings. The number of benzene rings is 1. The first-order valence-corrected chi connectivity index (χ1v) is 7.82. The molecule has 0 aliphatic carbocycles. The Hall–Kier alpha value is -1.39. The molecule has 1 fully saturated rings. The van der Waals surface area contributed by atoms with Gasteiger partial charge >= 0.3 is 0 Å². The lowest BCUT2D eigenvalue weighted by atomic mass is 9.87. The lowest BCUT2D eigenvalue weighted by Gasteiger charge is -2.38. The Morgan fingerprint density at radius 1 is 1.24 bits per heavy atom. The van der Waals surface area contributed by atoms with Crippen molar-refractivity contribution in [2.75, 3.05) is 26.2 Å². The summed E-state index contributed by atoms with van der Waals surface area (Å²) in [7, 11) is 0. The normalized spacial score (nSPS) is 20.0. The van der Waals surface area contributed by atoms with E-state index in [1.165, 1.54) is 5.56 Å². The second-order valence-electron chi connectivity index (χ2n) is 6.30. The first-order valence-electron chi connectivity index (χ1n) is 7.82. The van der Waals surface area contributed by atoms with Crippen molar-refractivity contribution >= 4 is 5.91 Å². The predicted octanol–water partition coefficient (Wildman–Crippen LogP) is 1.81. The fraction of sp³-hybridized carbons (Fsp3) is 0.588. The van der Waals surface area contributed by atoms with Crippen molar-refractivity contribution in [2.45, 2.75) is 38.6 Å². The van der Waals surface area contributed by atoms with Gasteiger partial charge in [0, 0.05) is 19.6 Å². The Labute approximate surface area is 127 Å². The minimum atomic E-state index is -0.735. The summed E-state index contributed by atoms with van der Waals surface area (Å²) in [4.78, 5) is 14.4. The standard InChI is InChI=1S/C17H27N3O/c1-13(2)14-5-7-15(8-6-14)17(3,16(18)21)20-11-4-9-19-10-12-20/h5-8,13,19H,4,9-12H2,1-3H3,(H2,18,21). The van der Waals surface area contributed by atoms with E-state index in [9.17, 15) is 4.79 Å². The molecule has 0 saturated carbocycles. The fourth-order valence-electron chi connectivity index (χ4n) is 2.97. The molecule has 1 atom stereocenters. The number of primary amides is 1. The van der Waals surface area contributed by atoms with Gasteiger partial charge in [-0.15, -0.1) is 0 Å². The Bertz CT molecular complexity index is 475. The second-order valence-corrected chi connectivity index (χ2v) is 6.30. The van der Waals surface area contributed by atoms with Crippen LogP contribution in [0.5, 0.6) is 0 Å². The van der Waals surface area contributed by atoms with Gasteiger partial charge in [0.1, 0.15) is 5.54 Å². The van der Waals surface area contributed by atoms with Crippen molar-refractivity contribution < 1.29 is 4.79 Å². The van der Waals surface area contributed by atoms with Gasteiger partial charge in [-0.3, -0.25) is 9.69 Å². The van der Waals surface area contributed by atoms with Crippen LogP contribution in [0.1, 0.15) is 44.2 Å². The molecule has 2 rings (SSSR count).